The summed E-state index contributed by atoms with van der Waals surface area (Å²) in [5.41, 5.74) is 1.51. The van der Waals surface area contributed by atoms with Crippen LogP contribution in [0.2, 0.25) is 0 Å². The number of hydrogen-bond acceptors (Lipinski definition) is 4. The van der Waals surface area contributed by atoms with E-state index in [0.29, 0.717) is 22.7 Å². The van der Waals surface area contributed by atoms with Crippen molar-refractivity contribution >= 4 is 5.65 Å². The standard InChI is InChI=1S/C16H11N3O2/c17-10-12-4-3-5-14(8-12)21-11-13-9-16(20)19-7-2-1-6-15(19)18-13/h1-9H,11H2. The van der Waals surface area contributed by atoms with Crippen LogP contribution in [0, 0.1) is 11.3 Å². The van der Waals surface area contributed by atoms with Crippen LogP contribution in [0.25, 0.3) is 5.65 Å². The average Bonchev–Trinajstić information content (AvgIpc) is 2.53. The fraction of sp³-hybridized carbons (Fsp3) is 0.0625. The fourth-order valence-electron chi connectivity index (χ4n) is 1.99. The summed E-state index contributed by atoms with van der Waals surface area (Å²) in [5.74, 6) is 0.573. The van der Waals surface area contributed by atoms with Crippen LogP contribution in [0.5, 0.6) is 5.75 Å². The van der Waals surface area contributed by atoms with Crippen LogP contribution >= 0.6 is 0 Å². The van der Waals surface area contributed by atoms with Gasteiger partial charge in [0.25, 0.3) is 5.56 Å². The molecule has 21 heavy (non-hydrogen) atoms. The minimum atomic E-state index is -0.148. The van der Waals surface area contributed by atoms with E-state index in [9.17, 15) is 4.79 Å². The second kappa shape index (κ2) is 5.47. The van der Waals surface area contributed by atoms with E-state index in [0.717, 1.165) is 0 Å². The van der Waals surface area contributed by atoms with E-state index in [1.807, 2.05) is 12.1 Å². The molecule has 0 unspecified atom stereocenters. The smallest absolute Gasteiger partial charge is 0.258 e. The maximum Gasteiger partial charge on any atom is 0.258 e. The normalized spacial score (nSPS) is 10.2. The van der Waals surface area contributed by atoms with Crippen molar-refractivity contribution in [3.63, 3.8) is 0 Å². The first-order valence-electron chi connectivity index (χ1n) is 6.36. The minimum absolute atomic E-state index is 0.148. The highest BCUT2D eigenvalue weighted by molar-refractivity contribution is 5.38. The van der Waals surface area contributed by atoms with E-state index in [1.165, 1.54) is 10.5 Å². The average molecular weight is 277 g/mol. The van der Waals surface area contributed by atoms with Crippen LogP contribution < -0.4 is 10.3 Å². The quantitative estimate of drug-likeness (QED) is 0.735. The van der Waals surface area contributed by atoms with Crippen LogP contribution in [0.3, 0.4) is 0 Å². The molecule has 5 heteroatoms. The molecular weight excluding hydrogens is 266 g/mol. The summed E-state index contributed by atoms with van der Waals surface area (Å²) in [4.78, 5) is 16.3. The molecule has 0 aliphatic rings. The number of hydrogen-bond donors (Lipinski definition) is 0. The highest BCUT2D eigenvalue weighted by atomic mass is 16.5. The number of rotatable bonds is 3. The molecule has 2 heterocycles. The van der Waals surface area contributed by atoms with Gasteiger partial charge in [0.15, 0.2) is 0 Å². The highest BCUT2D eigenvalue weighted by Gasteiger charge is 2.03. The monoisotopic (exact) mass is 277 g/mol. The van der Waals surface area contributed by atoms with Gasteiger partial charge in [-0.25, -0.2) is 4.98 Å². The zero-order valence-corrected chi connectivity index (χ0v) is 11.1. The first-order chi connectivity index (χ1) is 10.3. The number of ether oxygens (including phenoxy) is 1. The molecule has 102 valence electrons. The third kappa shape index (κ3) is 2.74. The van der Waals surface area contributed by atoms with Gasteiger partial charge in [0.2, 0.25) is 0 Å². The topological polar surface area (TPSA) is 67.4 Å². The third-order valence-electron chi connectivity index (χ3n) is 2.97. The molecule has 0 N–H and O–H groups in total. The van der Waals surface area contributed by atoms with E-state index < -0.39 is 0 Å². The summed E-state index contributed by atoms with van der Waals surface area (Å²) < 4.78 is 7.05. The Morgan fingerprint density at radius 3 is 2.95 bits per heavy atom. The molecule has 0 aliphatic heterocycles. The van der Waals surface area contributed by atoms with Gasteiger partial charge in [0.1, 0.15) is 18.0 Å². The molecule has 0 radical (unpaired) electrons. The minimum Gasteiger partial charge on any atom is -0.487 e. The molecule has 0 bridgehead atoms. The van der Waals surface area contributed by atoms with Gasteiger partial charge in [-0.2, -0.15) is 5.26 Å². The number of benzene rings is 1. The maximum atomic E-state index is 11.9. The Morgan fingerprint density at radius 1 is 1.19 bits per heavy atom. The predicted octanol–water partition coefficient (Wildman–Crippen LogP) is 2.15. The van der Waals surface area contributed by atoms with Crippen molar-refractivity contribution < 1.29 is 4.74 Å². The van der Waals surface area contributed by atoms with Crippen molar-refractivity contribution in [2.75, 3.05) is 0 Å². The van der Waals surface area contributed by atoms with Crippen molar-refractivity contribution in [2.24, 2.45) is 0 Å². The summed E-state index contributed by atoms with van der Waals surface area (Å²) in [5, 5.41) is 8.84. The Labute approximate surface area is 120 Å². The summed E-state index contributed by atoms with van der Waals surface area (Å²) in [6.07, 6.45) is 1.67. The molecule has 0 amide bonds. The van der Waals surface area contributed by atoms with Gasteiger partial charge in [-0.15, -0.1) is 0 Å². The Hall–Kier alpha value is -3.13. The molecule has 0 saturated heterocycles. The Balaban J connectivity index is 1.85. The van der Waals surface area contributed by atoms with Crippen molar-refractivity contribution in [1.82, 2.24) is 9.38 Å². The fourth-order valence-corrected chi connectivity index (χ4v) is 1.99. The van der Waals surface area contributed by atoms with Crippen molar-refractivity contribution in [1.29, 1.82) is 5.26 Å². The molecule has 0 spiro atoms. The van der Waals surface area contributed by atoms with E-state index in [1.54, 1.807) is 42.6 Å². The van der Waals surface area contributed by atoms with Gasteiger partial charge in [-0.1, -0.05) is 12.1 Å². The summed E-state index contributed by atoms with van der Waals surface area (Å²) in [7, 11) is 0. The predicted molar refractivity (Wildman–Crippen MR) is 77.0 cm³/mol. The van der Waals surface area contributed by atoms with E-state index in [4.69, 9.17) is 10.00 Å². The summed E-state index contributed by atoms with van der Waals surface area (Å²) >= 11 is 0. The zero-order valence-electron chi connectivity index (χ0n) is 11.1. The van der Waals surface area contributed by atoms with E-state index in [-0.39, 0.29) is 12.2 Å². The lowest BCUT2D eigenvalue weighted by molar-refractivity contribution is 0.301. The SMILES string of the molecule is N#Cc1cccc(OCc2cc(=O)n3ccccc3n2)c1. The van der Waals surface area contributed by atoms with Gasteiger partial charge in [-0.05, 0) is 30.3 Å². The molecule has 5 nitrogen and oxygen atoms in total. The number of fused-ring (bicyclic) bond motifs is 1. The lowest BCUT2D eigenvalue weighted by Crippen LogP contribution is -2.16. The second-order valence-electron chi connectivity index (χ2n) is 4.44. The van der Waals surface area contributed by atoms with Gasteiger partial charge in [0, 0.05) is 12.3 Å². The molecule has 0 atom stereocenters. The van der Waals surface area contributed by atoms with Crippen LogP contribution in [0.4, 0.5) is 0 Å². The zero-order chi connectivity index (χ0) is 14.7. The molecule has 3 rings (SSSR count). The number of nitrogens with zero attached hydrogens (tertiary/aromatic N) is 3. The molecule has 1 aromatic carbocycles. The Morgan fingerprint density at radius 2 is 2.10 bits per heavy atom. The largest absolute Gasteiger partial charge is 0.487 e. The van der Waals surface area contributed by atoms with Crippen molar-refractivity contribution in [3.05, 3.63) is 76.3 Å². The van der Waals surface area contributed by atoms with Crippen LogP contribution in [-0.4, -0.2) is 9.38 Å². The highest BCUT2D eigenvalue weighted by Crippen LogP contribution is 2.14. The molecule has 3 aromatic rings. The lowest BCUT2D eigenvalue weighted by Gasteiger charge is -2.07. The van der Waals surface area contributed by atoms with E-state index in [2.05, 4.69) is 4.98 Å². The summed E-state index contributed by atoms with van der Waals surface area (Å²) in [6.45, 7) is 0.176. The first kappa shape index (κ1) is 12.9. The number of aromatic nitrogens is 2. The molecular formula is C16H11N3O2. The Bertz CT molecular complexity index is 894. The van der Waals surface area contributed by atoms with Gasteiger partial charge in [0.05, 0.1) is 17.3 Å². The molecule has 0 saturated carbocycles. The van der Waals surface area contributed by atoms with Crippen LogP contribution in [0.15, 0.2) is 59.5 Å². The van der Waals surface area contributed by atoms with Gasteiger partial charge in [-0.3, -0.25) is 9.20 Å². The molecule has 0 aliphatic carbocycles. The van der Waals surface area contributed by atoms with E-state index >= 15 is 0 Å². The van der Waals surface area contributed by atoms with Crippen molar-refractivity contribution in [2.45, 2.75) is 6.61 Å². The number of nitriles is 1. The summed E-state index contributed by atoms with van der Waals surface area (Å²) in [6, 6.07) is 15.7. The van der Waals surface area contributed by atoms with Crippen LogP contribution in [-0.2, 0) is 6.61 Å². The number of pyridine rings is 1. The van der Waals surface area contributed by atoms with Crippen molar-refractivity contribution in [3.8, 4) is 11.8 Å². The van der Waals surface area contributed by atoms with Crippen LogP contribution in [0.1, 0.15) is 11.3 Å². The molecule has 2 aromatic heterocycles. The lowest BCUT2D eigenvalue weighted by atomic mass is 10.2. The first-order valence-corrected chi connectivity index (χ1v) is 6.36. The molecule has 0 fully saturated rings. The third-order valence-corrected chi connectivity index (χ3v) is 2.97. The Kier molecular flexibility index (Phi) is 3.36. The second-order valence-corrected chi connectivity index (χ2v) is 4.44. The maximum absolute atomic E-state index is 11.9. The van der Waals surface area contributed by atoms with Gasteiger partial charge < -0.3 is 4.74 Å². The van der Waals surface area contributed by atoms with Gasteiger partial charge >= 0.3 is 0 Å².